The van der Waals surface area contributed by atoms with Gasteiger partial charge < -0.3 is 24.5 Å². The summed E-state index contributed by atoms with van der Waals surface area (Å²) >= 11 is 0. The van der Waals surface area contributed by atoms with Crippen LogP contribution in [0.4, 0.5) is 0 Å². The Morgan fingerprint density at radius 3 is 1.89 bits per heavy atom. The Bertz CT molecular complexity index is 347. The largest absolute Gasteiger partial charge is 0.481 e. The molecule has 0 aliphatic heterocycles. The van der Waals surface area contributed by atoms with Crippen molar-refractivity contribution in [2.75, 3.05) is 27.7 Å². The molecule has 0 bridgehead atoms. The zero-order valence-electron chi connectivity index (χ0n) is 11.2. The smallest absolute Gasteiger partial charge is 0.336 e. The summed E-state index contributed by atoms with van der Waals surface area (Å²) in [5.74, 6) is -3.60. The summed E-state index contributed by atoms with van der Waals surface area (Å²) in [7, 11) is 5.36. The van der Waals surface area contributed by atoms with Gasteiger partial charge in [0.25, 0.3) is 0 Å². The Morgan fingerprint density at radius 1 is 1.05 bits per heavy atom. The van der Waals surface area contributed by atoms with E-state index in [1.807, 2.05) is 0 Å². The fourth-order valence-corrected chi connectivity index (χ4v) is 1.44. The van der Waals surface area contributed by atoms with E-state index < -0.39 is 43.0 Å². The molecule has 0 rings (SSSR count). The predicted octanol–water partition coefficient (Wildman–Crippen LogP) is -1.09. The topological polar surface area (TPSA) is 121 Å². The monoisotopic (exact) mass is 278 g/mol. The van der Waals surface area contributed by atoms with Gasteiger partial charge in [-0.1, -0.05) is 0 Å². The molecule has 3 N–H and O–H groups in total. The lowest BCUT2D eigenvalue weighted by Gasteiger charge is -2.28. The van der Waals surface area contributed by atoms with Crippen LogP contribution < -0.4 is 0 Å². The number of aliphatic hydroxyl groups excluding tert-OH is 1. The summed E-state index contributed by atoms with van der Waals surface area (Å²) in [5.41, 5.74) is 0. The molecule has 0 saturated heterocycles. The first-order valence-corrected chi connectivity index (χ1v) is 5.64. The number of nitrogens with zero attached hydrogens (tertiary/aromatic N) is 1. The van der Waals surface area contributed by atoms with Crippen molar-refractivity contribution in [1.82, 2.24) is 0 Å². The number of hydrogen-bond donors (Lipinski definition) is 3. The van der Waals surface area contributed by atoms with Crippen LogP contribution in [0.2, 0.25) is 0 Å². The average Bonchev–Trinajstić information content (AvgIpc) is 2.11. The molecule has 0 radical (unpaired) electrons. The van der Waals surface area contributed by atoms with Crippen molar-refractivity contribution in [3.63, 3.8) is 0 Å². The zero-order valence-corrected chi connectivity index (χ0v) is 11.2. The summed E-state index contributed by atoms with van der Waals surface area (Å²) < 4.78 is 5.21. The fraction of sp³-hybridized carbons (Fsp3) is 0.727. The number of carboxylic acids is 2. The van der Waals surface area contributed by atoms with E-state index in [1.165, 1.54) is 0 Å². The fourth-order valence-electron chi connectivity index (χ4n) is 1.44. The van der Waals surface area contributed by atoms with Crippen molar-refractivity contribution in [3.05, 3.63) is 0 Å². The third kappa shape index (κ3) is 8.97. The van der Waals surface area contributed by atoms with Crippen LogP contribution in [0.3, 0.4) is 0 Å². The second-order valence-electron chi connectivity index (χ2n) is 5.24. The summed E-state index contributed by atoms with van der Waals surface area (Å²) in [4.78, 5) is 32.4. The van der Waals surface area contributed by atoms with Crippen molar-refractivity contribution in [2.45, 2.75) is 25.0 Å². The van der Waals surface area contributed by atoms with Crippen LogP contribution in [-0.4, -0.2) is 77.6 Å². The molecule has 8 heteroatoms. The lowest BCUT2D eigenvalue weighted by Crippen LogP contribution is -2.45. The summed E-state index contributed by atoms with van der Waals surface area (Å²) in [5, 5.41) is 26.4. The first kappa shape index (κ1) is 17.3. The van der Waals surface area contributed by atoms with E-state index in [1.54, 1.807) is 21.1 Å². The summed E-state index contributed by atoms with van der Waals surface area (Å²) in [6.45, 7) is 0.234. The number of carbonyl (C=O) groups excluding carboxylic acids is 1. The van der Waals surface area contributed by atoms with Crippen molar-refractivity contribution in [1.29, 1.82) is 0 Å². The third-order valence-corrected chi connectivity index (χ3v) is 2.08. The van der Waals surface area contributed by atoms with E-state index in [2.05, 4.69) is 0 Å². The molecule has 110 valence electrons. The minimum atomic E-state index is -1.79. The van der Waals surface area contributed by atoms with Crippen LogP contribution in [0.25, 0.3) is 0 Å². The molecule has 0 heterocycles. The van der Waals surface area contributed by atoms with Crippen molar-refractivity contribution in [2.24, 2.45) is 0 Å². The zero-order chi connectivity index (χ0) is 15.2. The lowest BCUT2D eigenvalue weighted by molar-refractivity contribution is -0.873. The van der Waals surface area contributed by atoms with Gasteiger partial charge in [0.2, 0.25) is 0 Å². The van der Waals surface area contributed by atoms with Gasteiger partial charge in [-0.3, -0.25) is 9.59 Å². The second kappa shape index (κ2) is 7.05. The van der Waals surface area contributed by atoms with Gasteiger partial charge in [0.05, 0.1) is 34.0 Å². The Hall–Kier alpha value is -1.67. The number of quaternary nitrogens is 1. The third-order valence-electron chi connectivity index (χ3n) is 2.08. The predicted molar refractivity (Wildman–Crippen MR) is 63.3 cm³/mol. The Morgan fingerprint density at radius 2 is 1.53 bits per heavy atom. The molecule has 0 aliphatic rings. The molecule has 0 aliphatic carbocycles. The highest BCUT2D eigenvalue weighted by molar-refractivity contribution is 5.81. The number of ether oxygens (including phenoxy) is 1. The molecule has 0 aromatic carbocycles. The maximum atomic E-state index is 11.4. The molecular formula is C11H20NO7+. The van der Waals surface area contributed by atoms with Crippen LogP contribution in [-0.2, 0) is 19.1 Å². The number of carboxylic acid groups (broad SMARTS) is 2. The van der Waals surface area contributed by atoms with Crippen LogP contribution in [0.5, 0.6) is 0 Å². The maximum absolute atomic E-state index is 11.4. The number of rotatable bonds is 8. The highest BCUT2D eigenvalue weighted by Gasteiger charge is 2.28. The number of carbonyl (C=O) groups is 3. The average molecular weight is 278 g/mol. The number of hydrogen-bond acceptors (Lipinski definition) is 5. The molecule has 0 fully saturated rings. The standard InChI is InChI=1S/C11H19NO7/c1-12(2,3)6-7(4-9(14)15)19-11(18)8(13)5-10(16)17/h7-8,13H,4-6H2,1-3H3,(H-,14,15,16,17)/p+1. The van der Waals surface area contributed by atoms with Gasteiger partial charge in [-0.15, -0.1) is 0 Å². The minimum Gasteiger partial charge on any atom is -0.481 e. The summed E-state index contributed by atoms with van der Waals surface area (Å²) in [6.07, 6.45) is -3.89. The first-order valence-electron chi connectivity index (χ1n) is 5.64. The molecule has 2 atom stereocenters. The van der Waals surface area contributed by atoms with Gasteiger partial charge in [0.15, 0.2) is 12.2 Å². The van der Waals surface area contributed by atoms with E-state index in [4.69, 9.17) is 14.9 Å². The molecule has 0 aromatic heterocycles. The second-order valence-corrected chi connectivity index (χ2v) is 5.24. The lowest BCUT2D eigenvalue weighted by atomic mass is 10.2. The highest BCUT2D eigenvalue weighted by Crippen LogP contribution is 2.07. The van der Waals surface area contributed by atoms with Gasteiger partial charge >= 0.3 is 17.9 Å². The van der Waals surface area contributed by atoms with Crippen molar-refractivity contribution in [3.8, 4) is 0 Å². The Labute approximate surface area is 110 Å². The van der Waals surface area contributed by atoms with Gasteiger partial charge in [0.1, 0.15) is 6.54 Å². The first-order chi connectivity index (χ1) is 8.51. The normalized spacial score (nSPS) is 14.5. The van der Waals surface area contributed by atoms with Crippen LogP contribution in [0.1, 0.15) is 12.8 Å². The molecule has 0 saturated carbocycles. The molecule has 0 amide bonds. The number of likely N-dealkylation sites (N-methyl/N-ethyl adjacent to an activating group) is 1. The molecule has 0 spiro atoms. The Balaban J connectivity index is 4.58. The van der Waals surface area contributed by atoms with Crippen molar-refractivity contribution >= 4 is 17.9 Å². The van der Waals surface area contributed by atoms with Gasteiger partial charge in [-0.05, 0) is 0 Å². The molecule has 8 nitrogen and oxygen atoms in total. The van der Waals surface area contributed by atoms with E-state index in [0.717, 1.165) is 0 Å². The van der Waals surface area contributed by atoms with Crippen molar-refractivity contribution < 1.29 is 38.9 Å². The molecule has 19 heavy (non-hydrogen) atoms. The Kier molecular flexibility index (Phi) is 6.43. The van der Waals surface area contributed by atoms with Crippen LogP contribution in [0, 0.1) is 0 Å². The van der Waals surface area contributed by atoms with Crippen LogP contribution >= 0.6 is 0 Å². The van der Waals surface area contributed by atoms with Gasteiger partial charge in [0, 0.05) is 0 Å². The van der Waals surface area contributed by atoms with E-state index in [-0.39, 0.29) is 6.54 Å². The number of esters is 1. The quantitative estimate of drug-likeness (QED) is 0.381. The number of aliphatic hydroxyl groups is 1. The molecular weight excluding hydrogens is 258 g/mol. The van der Waals surface area contributed by atoms with E-state index >= 15 is 0 Å². The number of aliphatic carboxylic acids is 2. The molecule has 0 aromatic rings. The van der Waals surface area contributed by atoms with E-state index in [9.17, 15) is 19.5 Å². The van der Waals surface area contributed by atoms with Crippen LogP contribution in [0.15, 0.2) is 0 Å². The minimum absolute atomic E-state index is 0.234. The summed E-state index contributed by atoms with van der Waals surface area (Å²) in [6, 6.07) is 0. The van der Waals surface area contributed by atoms with Gasteiger partial charge in [-0.25, -0.2) is 4.79 Å². The SMILES string of the molecule is C[N+](C)(C)CC(CC(=O)O)OC(=O)C(O)CC(=O)O. The highest BCUT2D eigenvalue weighted by atomic mass is 16.6. The van der Waals surface area contributed by atoms with E-state index in [0.29, 0.717) is 4.48 Å². The van der Waals surface area contributed by atoms with Gasteiger partial charge in [-0.2, -0.15) is 0 Å². The maximum Gasteiger partial charge on any atom is 0.336 e. The molecule has 2 unspecified atom stereocenters.